The predicted octanol–water partition coefficient (Wildman–Crippen LogP) is 16.6. The van der Waals surface area contributed by atoms with Crippen molar-refractivity contribution in [3.05, 3.63) is 255 Å². The molecule has 2 heteroatoms. The van der Waals surface area contributed by atoms with Gasteiger partial charge in [-0.15, -0.1) is 0 Å². The monoisotopic (exact) mass is 790 g/mol. The number of hydrogen-bond donors (Lipinski definition) is 0. The number of nitrogens with zero attached hydrogens (tertiary/aromatic N) is 2. The Morgan fingerprint density at radius 2 is 0.597 bits per heavy atom. The van der Waals surface area contributed by atoms with E-state index in [1.807, 2.05) is 0 Å². The van der Waals surface area contributed by atoms with Crippen LogP contribution in [-0.4, -0.2) is 4.57 Å². The molecule has 0 saturated carbocycles. The summed E-state index contributed by atoms with van der Waals surface area (Å²) >= 11 is 0. The molecule has 0 aliphatic heterocycles. The maximum Gasteiger partial charge on any atom is 0.0541 e. The van der Waals surface area contributed by atoms with Crippen LogP contribution in [0.3, 0.4) is 0 Å². The van der Waals surface area contributed by atoms with Gasteiger partial charge in [-0.3, -0.25) is 0 Å². The van der Waals surface area contributed by atoms with Gasteiger partial charge < -0.3 is 9.47 Å². The number of fused-ring (bicyclic) bond motifs is 3. The number of rotatable bonds is 9. The molecule has 2 nitrogen and oxygen atoms in total. The van der Waals surface area contributed by atoms with Crippen LogP contribution < -0.4 is 4.90 Å². The Morgan fingerprint density at radius 1 is 0.242 bits per heavy atom. The Bertz CT molecular complexity index is 3260. The van der Waals surface area contributed by atoms with Gasteiger partial charge in [0.2, 0.25) is 0 Å². The van der Waals surface area contributed by atoms with Crippen LogP contribution in [0.15, 0.2) is 255 Å². The van der Waals surface area contributed by atoms with E-state index in [-0.39, 0.29) is 0 Å². The number of benzene rings is 10. The maximum absolute atomic E-state index is 2.40. The summed E-state index contributed by atoms with van der Waals surface area (Å²) in [5.74, 6) is 0. The first-order chi connectivity index (χ1) is 30.8. The molecular formula is C60H42N2. The quantitative estimate of drug-likeness (QED) is 0.141. The molecule has 10 aromatic carbocycles. The lowest BCUT2D eigenvalue weighted by molar-refractivity contribution is 1.18. The van der Waals surface area contributed by atoms with Crippen molar-refractivity contribution in [3.8, 4) is 61.3 Å². The van der Waals surface area contributed by atoms with Gasteiger partial charge >= 0.3 is 0 Å². The zero-order valence-electron chi connectivity index (χ0n) is 34.1. The molecule has 1 heterocycles. The molecule has 0 N–H and O–H groups in total. The molecule has 1 aromatic heterocycles. The van der Waals surface area contributed by atoms with Gasteiger partial charge in [-0.05, 0) is 105 Å². The summed E-state index contributed by atoms with van der Waals surface area (Å²) < 4.78 is 2.37. The average Bonchev–Trinajstić information content (AvgIpc) is 3.70. The Hall–Kier alpha value is -8.20. The van der Waals surface area contributed by atoms with Crippen LogP contribution in [0.5, 0.6) is 0 Å². The number of anilines is 3. The molecule has 11 rings (SSSR count). The van der Waals surface area contributed by atoms with Gasteiger partial charge in [0.1, 0.15) is 0 Å². The largest absolute Gasteiger partial charge is 0.310 e. The van der Waals surface area contributed by atoms with Gasteiger partial charge in [0.25, 0.3) is 0 Å². The lowest BCUT2D eigenvalue weighted by atomic mass is 9.88. The highest BCUT2D eigenvalue weighted by atomic mass is 15.1. The van der Waals surface area contributed by atoms with Crippen LogP contribution in [0.1, 0.15) is 0 Å². The molecule has 0 fully saturated rings. The molecule has 292 valence electrons. The van der Waals surface area contributed by atoms with Crippen LogP contribution in [0, 0.1) is 0 Å². The van der Waals surface area contributed by atoms with Crippen LogP contribution in [0.2, 0.25) is 0 Å². The molecule has 0 saturated heterocycles. The molecule has 0 atom stereocenters. The van der Waals surface area contributed by atoms with E-state index < -0.39 is 0 Å². The topological polar surface area (TPSA) is 8.17 Å². The minimum Gasteiger partial charge on any atom is -0.310 e. The van der Waals surface area contributed by atoms with E-state index in [0.717, 1.165) is 33.9 Å². The SMILES string of the molecule is c1ccc(-c2ccc(N(c3ccc(-c4ccc(-n5c6ccccc6c6ccccc65)cc4)cc3)c3ccccc3-c3ccccc3-c3ccccc3-c3ccccc3)cc2)cc1. The molecule has 0 radical (unpaired) electrons. The molecule has 62 heavy (non-hydrogen) atoms. The van der Waals surface area contributed by atoms with Gasteiger partial charge in [-0.2, -0.15) is 0 Å². The molecule has 11 aromatic rings. The summed E-state index contributed by atoms with van der Waals surface area (Å²) in [6, 6.07) is 92.0. The molecule has 0 amide bonds. The van der Waals surface area contributed by atoms with Crippen molar-refractivity contribution >= 4 is 38.9 Å². The zero-order chi connectivity index (χ0) is 41.2. The van der Waals surface area contributed by atoms with Crippen LogP contribution in [0.4, 0.5) is 17.1 Å². The highest BCUT2D eigenvalue weighted by Crippen LogP contribution is 2.46. The second kappa shape index (κ2) is 16.1. The summed E-state index contributed by atoms with van der Waals surface area (Å²) in [4.78, 5) is 2.40. The molecule has 0 spiro atoms. The normalized spacial score (nSPS) is 11.2. The van der Waals surface area contributed by atoms with Crippen molar-refractivity contribution in [2.75, 3.05) is 4.90 Å². The van der Waals surface area contributed by atoms with Crippen molar-refractivity contribution in [1.29, 1.82) is 0 Å². The van der Waals surface area contributed by atoms with Crippen molar-refractivity contribution in [3.63, 3.8) is 0 Å². The Labute approximate surface area is 362 Å². The predicted molar refractivity (Wildman–Crippen MR) is 263 cm³/mol. The van der Waals surface area contributed by atoms with Gasteiger partial charge in [0, 0.05) is 33.4 Å². The summed E-state index contributed by atoms with van der Waals surface area (Å²) in [7, 11) is 0. The van der Waals surface area contributed by atoms with E-state index in [9.17, 15) is 0 Å². The van der Waals surface area contributed by atoms with E-state index >= 15 is 0 Å². The fraction of sp³-hybridized carbons (Fsp3) is 0. The summed E-state index contributed by atoms with van der Waals surface area (Å²) in [5.41, 5.74) is 18.7. The van der Waals surface area contributed by atoms with E-state index in [1.54, 1.807) is 0 Å². The van der Waals surface area contributed by atoms with E-state index in [4.69, 9.17) is 0 Å². The number of aromatic nitrogens is 1. The van der Waals surface area contributed by atoms with Gasteiger partial charge in [0.15, 0.2) is 0 Å². The van der Waals surface area contributed by atoms with Crippen molar-refractivity contribution < 1.29 is 0 Å². The van der Waals surface area contributed by atoms with Gasteiger partial charge in [-0.1, -0.05) is 200 Å². The van der Waals surface area contributed by atoms with E-state index in [0.29, 0.717) is 0 Å². The van der Waals surface area contributed by atoms with Crippen molar-refractivity contribution in [2.24, 2.45) is 0 Å². The minimum absolute atomic E-state index is 1.08. The lowest BCUT2D eigenvalue weighted by Crippen LogP contribution is -2.11. The third-order valence-electron chi connectivity index (χ3n) is 12.1. The van der Waals surface area contributed by atoms with Gasteiger partial charge in [-0.25, -0.2) is 0 Å². The van der Waals surface area contributed by atoms with Crippen molar-refractivity contribution in [1.82, 2.24) is 4.57 Å². The fourth-order valence-corrected chi connectivity index (χ4v) is 9.10. The highest BCUT2D eigenvalue weighted by molar-refractivity contribution is 6.09. The molecular weight excluding hydrogens is 749 g/mol. The van der Waals surface area contributed by atoms with Crippen LogP contribution in [-0.2, 0) is 0 Å². The molecule has 0 aliphatic rings. The molecule has 0 bridgehead atoms. The summed E-state index contributed by atoms with van der Waals surface area (Å²) in [5, 5.41) is 2.54. The first-order valence-electron chi connectivity index (χ1n) is 21.3. The van der Waals surface area contributed by atoms with Crippen molar-refractivity contribution in [2.45, 2.75) is 0 Å². The zero-order valence-corrected chi connectivity index (χ0v) is 34.1. The van der Waals surface area contributed by atoms with Crippen LogP contribution >= 0.6 is 0 Å². The number of hydrogen-bond acceptors (Lipinski definition) is 1. The summed E-state index contributed by atoms with van der Waals surface area (Å²) in [6.07, 6.45) is 0. The first-order valence-corrected chi connectivity index (χ1v) is 21.3. The van der Waals surface area contributed by atoms with E-state index in [2.05, 4.69) is 264 Å². The fourth-order valence-electron chi connectivity index (χ4n) is 9.10. The summed E-state index contributed by atoms with van der Waals surface area (Å²) in [6.45, 7) is 0. The highest BCUT2D eigenvalue weighted by Gasteiger charge is 2.21. The van der Waals surface area contributed by atoms with Crippen LogP contribution in [0.25, 0.3) is 83.1 Å². The van der Waals surface area contributed by atoms with E-state index in [1.165, 1.54) is 66.3 Å². The first kappa shape index (κ1) is 36.8. The second-order valence-corrected chi connectivity index (χ2v) is 15.7. The molecule has 0 unspecified atom stereocenters. The minimum atomic E-state index is 1.08. The standard InChI is InChI=1S/C60H42N2/c1-3-17-43(18-4-1)44-31-37-48(38-32-44)61(58-28-14-11-25-55(58)54-24-10-9-23-53(54)52-22-8-7-21-51(52)47-19-5-2-6-20-47)49-39-33-45(34-40-49)46-35-41-50(42-36-46)62-59-29-15-12-26-56(59)57-27-13-16-30-60(57)62/h1-42H. The molecule has 0 aliphatic carbocycles. The average molecular weight is 791 g/mol. The Kier molecular flexibility index (Phi) is 9.57. The number of para-hydroxylation sites is 3. The Morgan fingerprint density at radius 3 is 1.13 bits per heavy atom. The third kappa shape index (κ3) is 6.74. The Balaban J connectivity index is 1.00. The third-order valence-corrected chi connectivity index (χ3v) is 12.1. The smallest absolute Gasteiger partial charge is 0.0541 e. The lowest BCUT2D eigenvalue weighted by Gasteiger charge is -2.29. The maximum atomic E-state index is 2.40. The van der Waals surface area contributed by atoms with Gasteiger partial charge in [0.05, 0.1) is 16.7 Å². The second-order valence-electron chi connectivity index (χ2n) is 15.7.